The van der Waals surface area contributed by atoms with Gasteiger partial charge in [-0.2, -0.15) is 4.31 Å². The summed E-state index contributed by atoms with van der Waals surface area (Å²) in [6, 6.07) is 8.21. The Bertz CT molecular complexity index is 1120. The molecular formula is C19H18ClN3O3S3. The predicted molar refractivity (Wildman–Crippen MR) is 117 cm³/mol. The van der Waals surface area contributed by atoms with Crippen LogP contribution in [0.15, 0.2) is 46.0 Å². The van der Waals surface area contributed by atoms with Crippen LogP contribution in [0, 0.1) is 0 Å². The molecule has 0 saturated carbocycles. The number of aromatic nitrogens is 1. The van der Waals surface area contributed by atoms with Gasteiger partial charge in [0.05, 0.1) is 15.6 Å². The third-order valence-corrected chi connectivity index (χ3v) is 8.65. The molecule has 0 bridgehead atoms. The van der Waals surface area contributed by atoms with Crippen molar-refractivity contribution in [3.8, 4) is 10.6 Å². The molecule has 1 aromatic carbocycles. The Morgan fingerprint density at radius 2 is 1.93 bits per heavy atom. The number of amides is 1. The number of carbonyl (C=O) groups is 1. The van der Waals surface area contributed by atoms with Gasteiger partial charge in [0.1, 0.15) is 4.90 Å². The number of thiophene rings is 1. The SMILES string of the molecule is O=C(Nc1nc(-c2cccs2)cs1)c1ccc(Cl)c(S(=O)(=O)N2CCCCC2)c1. The topological polar surface area (TPSA) is 79.4 Å². The van der Waals surface area contributed by atoms with Crippen LogP contribution in [0.2, 0.25) is 5.02 Å². The Labute approximate surface area is 182 Å². The molecule has 1 N–H and O–H groups in total. The third-order valence-electron chi connectivity index (χ3n) is 4.62. The van der Waals surface area contributed by atoms with Gasteiger partial charge in [-0.3, -0.25) is 10.1 Å². The van der Waals surface area contributed by atoms with E-state index in [1.54, 1.807) is 11.3 Å². The molecule has 0 unspecified atom stereocenters. The van der Waals surface area contributed by atoms with Crippen molar-refractivity contribution in [2.75, 3.05) is 18.4 Å². The standard InChI is InChI=1S/C19H18ClN3O3S3/c20-14-7-6-13(11-17(14)29(25,26)23-8-2-1-3-9-23)18(24)22-19-21-15(12-28-19)16-5-4-10-27-16/h4-7,10-12H,1-3,8-9H2,(H,21,22,24). The van der Waals surface area contributed by atoms with Gasteiger partial charge in [-0.05, 0) is 42.5 Å². The zero-order valence-electron chi connectivity index (χ0n) is 15.3. The first-order chi connectivity index (χ1) is 13.9. The van der Waals surface area contributed by atoms with Gasteiger partial charge in [0.2, 0.25) is 10.0 Å². The monoisotopic (exact) mass is 467 g/mol. The van der Waals surface area contributed by atoms with Crippen molar-refractivity contribution >= 4 is 55.3 Å². The van der Waals surface area contributed by atoms with E-state index in [4.69, 9.17) is 11.6 Å². The molecule has 10 heteroatoms. The number of halogens is 1. The lowest BCUT2D eigenvalue weighted by Gasteiger charge is -2.26. The predicted octanol–water partition coefficient (Wildman–Crippen LogP) is 4.95. The molecule has 152 valence electrons. The lowest BCUT2D eigenvalue weighted by molar-refractivity contribution is 0.102. The van der Waals surface area contributed by atoms with E-state index >= 15 is 0 Å². The van der Waals surface area contributed by atoms with Crippen LogP contribution < -0.4 is 5.32 Å². The van der Waals surface area contributed by atoms with Crippen molar-refractivity contribution < 1.29 is 13.2 Å². The number of piperidine rings is 1. The number of benzene rings is 1. The van der Waals surface area contributed by atoms with Crippen LogP contribution in [0.4, 0.5) is 5.13 Å². The highest BCUT2D eigenvalue weighted by Crippen LogP contribution is 2.30. The summed E-state index contributed by atoms with van der Waals surface area (Å²) in [6.07, 6.45) is 2.67. The second-order valence-corrected chi connectivity index (χ2v) is 10.7. The van der Waals surface area contributed by atoms with Crippen LogP contribution >= 0.6 is 34.3 Å². The van der Waals surface area contributed by atoms with E-state index < -0.39 is 15.9 Å². The molecule has 1 aliphatic rings. The van der Waals surface area contributed by atoms with Crippen LogP contribution in [0.3, 0.4) is 0 Å². The lowest BCUT2D eigenvalue weighted by Crippen LogP contribution is -2.35. The number of sulfonamides is 1. The fourth-order valence-corrected chi connectivity index (χ4v) is 6.61. The van der Waals surface area contributed by atoms with E-state index in [2.05, 4.69) is 10.3 Å². The van der Waals surface area contributed by atoms with Crippen molar-refractivity contribution in [1.82, 2.24) is 9.29 Å². The van der Waals surface area contributed by atoms with Crippen molar-refractivity contribution in [1.29, 1.82) is 0 Å². The van der Waals surface area contributed by atoms with Gasteiger partial charge in [-0.25, -0.2) is 13.4 Å². The normalized spacial score (nSPS) is 15.3. The lowest BCUT2D eigenvalue weighted by atomic mass is 10.2. The quantitative estimate of drug-likeness (QED) is 0.575. The van der Waals surface area contributed by atoms with Gasteiger partial charge in [0.15, 0.2) is 5.13 Å². The number of carbonyl (C=O) groups excluding carboxylic acids is 1. The van der Waals surface area contributed by atoms with Gasteiger partial charge in [-0.1, -0.05) is 24.1 Å². The Morgan fingerprint density at radius 1 is 1.14 bits per heavy atom. The highest BCUT2D eigenvalue weighted by atomic mass is 35.5. The van der Waals surface area contributed by atoms with Crippen LogP contribution in [0.25, 0.3) is 10.6 Å². The van der Waals surface area contributed by atoms with E-state index in [0.29, 0.717) is 18.2 Å². The van der Waals surface area contributed by atoms with E-state index in [9.17, 15) is 13.2 Å². The molecule has 3 heterocycles. The largest absolute Gasteiger partial charge is 0.298 e. The number of anilines is 1. The first-order valence-electron chi connectivity index (χ1n) is 9.05. The number of hydrogen-bond donors (Lipinski definition) is 1. The maximum Gasteiger partial charge on any atom is 0.257 e. The fourth-order valence-electron chi connectivity index (χ4n) is 3.12. The highest BCUT2D eigenvalue weighted by molar-refractivity contribution is 7.89. The molecule has 1 amide bonds. The van der Waals surface area contributed by atoms with Gasteiger partial charge in [-0.15, -0.1) is 22.7 Å². The summed E-state index contributed by atoms with van der Waals surface area (Å²) < 4.78 is 27.4. The molecule has 29 heavy (non-hydrogen) atoms. The van der Waals surface area contributed by atoms with Crippen LogP contribution in [0.5, 0.6) is 0 Å². The molecule has 3 aromatic rings. The zero-order valence-corrected chi connectivity index (χ0v) is 18.5. The van der Waals surface area contributed by atoms with E-state index in [1.807, 2.05) is 22.9 Å². The molecule has 0 atom stereocenters. The third kappa shape index (κ3) is 4.39. The first kappa shape index (κ1) is 20.5. The Hall–Kier alpha value is -1.78. The Kier molecular flexibility index (Phi) is 6.03. The molecule has 4 rings (SSSR count). The summed E-state index contributed by atoms with van der Waals surface area (Å²) >= 11 is 9.07. The Morgan fingerprint density at radius 3 is 2.66 bits per heavy atom. The maximum absolute atomic E-state index is 13.0. The van der Waals surface area contributed by atoms with Crippen molar-refractivity contribution in [2.24, 2.45) is 0 Å². The molecule has 1 fully saturated rings. The average molecular weight is 468 g/mol. The number of nitrogens with one attached hydrogen (secondary N) is 1. The molecule has 2 aromatic heterocycles. The summed E-state index contributed by atoms with van der Waals surface area (Å²) in [5, 5.41) is 7.14. The highest BCUT2D eigenvalue weighted by Gasteiger charge is 2.28. The molecule has 0 spiro atoms. The van der Waals surface area contributed by atoms with Crippen LogP contribution in [0.1, 0.15) is 29.6 Å². The second kappa shape index (κ2) is 8.53. The number of thiazole rings is 1. The first-order valence-corrected chi connectivity index (χ1v) is 12.6. The van der Waals surface area contributed by atoms with Gasteiger partial charge < -0.3 is 0 Å². The average Bonchev–Trinajstić information content (AvgIpc) is 3.40. The van der Waals surface area contributed by atoms with Gasteiger partial charge >= 0.3 is 0 Å². The van der Waals surface area contributed by atoms with Crippen molar-refractivity contribution in [3.63, 3.8) is 0 Å². The zero-order chi connectivity index (χ0) is 20.4. The summed E-state index contributed by atoms with van der Waals surface area (Å²) in [4.78, 5) is 18.1. The minimum atomic E-state index is -3.74. The minimum Gasteiger partial charge on any atom is -0.298 e. The molecule has 0 radical (unpaired) electrons. The number of rotatable bonds is 5. The minimum absolute atomic E-state index is 0.0351. The number of nitrogens with zero attached hydrogens (tertiary/aromatic N) is 2. The molecule has 0 aliphatic carbocycles. The summed E-state index contributed by atoms with van der Waals surface area (Å²) in [5.41, 5.74) is 1.02. The second-order valence-electron chi connectivity index (χ2n) is 6.58. The molecule has 1 saturated heterocycles. The van der Waals surface area contributed by atoms with Crippen molar-refractivity contribution in [3.05, 3.63) is 51.7 Å². The van der Waals surface area contributed by atoms with Gasteiger partial charge in [0.25, 0.3) is 5.91 Å². The van der Waals surface area contributed by atoms with E-state index in [-0.39, 0.29) is 15.5 Å². The summed E-state index contributed by atoms with van der Waals surface area (Å²) in [5.74, 6) is -0.427. The van der Waals surface area contributed by atoms with Gasteiger partial charge in [0, 0.05) is 24.0 Å². The van der Waals surface area contributed by atoms with E-state index in [0.717, 1.165) is 29.8 Å². The Balaban J connectivity index is 1.56. The smallest absolute Gasteiger partial charge is 0.257 e. The van der Waals surface area contributed by atoms with Crippen LogP contribution in [-0.4, -0.2) is 36.7 Å². The fraction of sp³-hybridized carbons (Fsp3) is 0.263. The van der Waals surface area contributed by atoms with E-state index in [1.165, 1.54) is 33.8 Å². The molecular weight excluding hydrogens is 450 g/mol. The summed E-state index contributed by atoms with van der Waals surface area (Å²) in [7, 11) is -3.74. The summed E-state index contributed by atoms with van der Waals surface area (Å²) in [6.45, 7) is 0.944. The van der Waals surface area contributed by atoms with Crippen LogP contribution in [-0.2, 0) is 10.0 Å². The number of hydrogen-bond acceptors (Lipinski definition) is 6. The van der Waals surface area contributed by atoms with Crippen molar-refractivity contribution in [2.45, 2.75) is 24.2 Å². The molecule has 6 nitrogen and oxygen atoms in total. The maximum atomic E-state index is 13.0. The molecule has 1 aliphatic heterocycles.